The summed E-state index contributed by atoms with van der Waals surface area (Å²) in [5, 5.41) is 69.3. The summed E-state index contributed by atoms with van der Waals surface area (Å²) in [5.41, 5.74) is -1.02. The number of aromatic amines is 1. The summed E-state index contributed by atoms with van der Waals surface area (Å²) in [4.78, 5) is 22.5. The van der Waals surface area contributed by atoms with Crippen molar-refractivity contribution in [3.05, 3.63) is 16.7 Å². The van der Waals surface area contributed by atoms with E-state index in [9.17, 15) is 40.5 Å². The van der Waals surface area contributed by atoms with Crippen molar-refractivity contribution in [3.8, 4) is 6.01 Å². The predicted octanol–water partition coefficient (Wildman–Crippen LogP) is -5.09. The van der Waals surface area contributed by atoms with Gasteiger partial charge in [0.25, 0.3) is 5.56 Å². The first-order valence-electron chi connectivity index (χ1n) is 9.33. The van der Waals surface area contributed by atoms with Gasteiger partial charge in [-0.2, -0.15) is 4.98 Å². The van der Waals surface area contributed by atoms with Gasteiger partial charge in [0.05, 0.1) is 19.5 Å². The molecule has 2 aliphatic heterocycles. The fourth-order valence-electron chi connectivity index (χ4n) is 3.57. The van der Waals surface area contributed by atoms with E-state index in [4.69, 9.17) is 14.2 Å². The highest BCUT2D eigenvalue weighted by molar-refractivity contribution is 5.71. The number of aliphatic hydroxyl groups excluding tert-OH is 7. The average Bonchev–Trinajstić information content (AvgIpc) is 3.26. The van der Waals surface area contributed by atoms with Gasteiger partial charge in [-0.1, -0.05) is 0 Å². The lowest BCUT2D eigenvalue weighted by molar-refractivity contribution is -0.279. The summed E-state index contributed by atoms with van der Waals surface area (Å²) in [6.45, 7) is -1.31. The van der Waals surface area contributed by atoms with Crippen molar-refractivity contribution in [2.24, 2.45) is 0 Å². The van der Waals surface area contributed by atoms with Crippen LogP contribution in [-0.2, 0) is 9.47 Å². The van der Waals surface area contributed by atoms with Crippen LogP contribution in [0.1, 0.15) is 6.23 Å². The van der Waals surface area contributed by atoms with Crippen LogP contribution in [-0.4, -0.2) is 117 Å². The molecule has 0 saturated carbocycles. The molecule has 15 nitrogen and oxygen atoms in total. The maximum absolute atomic E-state index is 12.2. The first-order chi connectivity index (χ1) is 14.8. The highest BCUT2D eigenvalue weighted by Gasteiger charge is 2.48. The van der Waals surface area contributed by atoms with E-state index in [1.165, 1.54) is 0 Å². The van der Waals surface area contributed by atoms with Gasteiger partial charge in [-0.3, -0.25) is 4.79 Å². The topological polar surface area (TPSA) is 233 Å². The predicted molar refractivity (Wildman–Crippen MR) is 95.6 cm³/mol. The molecule has 2 aliphatic rings. The fourth-order valence-corrected chi connectivity index (χ4v) is 3.57. The molecule has 0 aliphatic carbocycles. The minimum atomic E-state index is -1.78. The number of nitrogens with one attached hydrogen (secondary N) is 1. The van der Waals surface area contributed by atoms with Crippen LogP contribution in [0, 0.1) is 0 Å². The van der Waals surface area contributed by atoms with Gasteiger partial charge in [0.2, 0.25) is 6.29 Å². The molecule has 8 N–H and O–H groups in total. The van der Waals surface area contributed by atoms with E-state index in [0.29, 0.717) is 0 Å². The van der Waals surface area contributed by atoms with Gasteiger partial charge in [-0.25, -0.2) is 9.55 Å². The van der Waals surface area contributed by atoms with E-state index in [1.54, 1.807) is 0 Å². The lowest BCUT2D eigenvalue weighted by Crippen LogP contribution is -2.60. The van der Waals surface area contributed by atoms with E-state index in [-0.39, 0.29) is 11.2 Å². The van der Waals surface area contributed by atoms with E-state index in [0.717, 1.165) is 10.9 Å². The number of H-pyrrole nitrogens is 1. The van der Waals surface area contributed by atoms with Gasteiger partial charge in [-0.15, -0.1) is 0 Å². The van der Waals surface area contributed by atoms with Crippen LogP contribution in [0.25, 0.3) is 11.2 Å². The van der Waals surface area contributed by atoms with E-state index < -0.39 is 80.0 Å². The lowest BCUT2D eigenvalue weighted by Gasteiger charge is -2.39. The molecule has 4 heterocycles. The number of ether oxygens (including phenoxy) is 3. The quantitative estimate of drug-likeness (QED) is 0.215. The summed E-state index contributed by atoms with van der Waals surface area (Å²) in [7, 11) is 0. The summed E-state index contributed by atoms with van der Waals surface area (Å²) in [6, 6.07) is -0.446. The molecule has 15 heteroatoms. The maximum Gasteiger partial charge on any atom is 0.303 e. The van der Waals surface area contributed by atoms with E-state index in [2.05, 4.69) is 15.0 Å². The van der Waals surface area contributed by atoms with Crippen molar-refractivity contribution < 1.29 is 50.0 Å². The molecular weight excluding hydrogens is 424 g/mol. The van der Waals surface area contributed by atoms with Crippen molar-refractivity contribution in [1.29, 1.82) is 0 Å². The Morgan fingerprint density at radius 1 is 0.968 bits per heavy atom. The fraction of sp³-hybridized carbons (Fsp3) is 0.688. The third-order valence-electron chi connectivity index (χ3n) is 5.29. The Morgan fingerprint density at radius 3 is 2.26 bits per heavy atom. The van der Waals surface area contributed by atoms with Crippen LogP contribution in [0.3, 0.4) is 0 Å². The number of hydrogen-bond donors (Lipinski definition) is 8. The Balaban J connectivity index is 1.75. The van der Waals surface area contributed by atoms with Crippen molar-refractivity contribution in [2.75, 3.05) is 13.2 Å². The third-order valence-corrected chi connectivity index (χ3v) is 5.29. The summed E-state index contributed by atoms with van der Waals surface area (Å²) in [6.07, 6.45) is -12.6. The zero-order valence-corrected chi connectivity index (χ0v) is 15.8. The molecule has 9 atom stereocenters. The molecule has 0 bridgehead atoms. The second kappa shape index (κ2) is 8.38. The summed E-state index contributed by atoms with van der Waals surface area (Å²) < 4.78 is 17.3. The third kappa shape index (κ3) is 3.59. The van der Waals surface area contributed by atoms with Crippen LogP contribution >= 0.6 is 0 Å². The van der Waals surface area contributed by atoms with Crippen LogP contribution in [0.2, 0.25) is 0 Å². The Kier molecular flexibility index (Phi) is 5.95. The van der Waals surface area contributed by atoms with E-state index >= 15 is 0 Å². The van der Waals surface area contributed by atoms with E-state index in [1.807, 2.05) is 0 Å². The molecule has 2 fully saturated rings. The van der Waals surface area contributed by atoms with Gasteiger partial charge < -0.3 is 54.9 Å². The molecule has 2 aromatic rings. The molecule has 4 rings (SSSR count). The minimum Gasteiger partial charge on any atom is -0.432 e. The number of fused-ring (bicyclic) bond motifs is 1. The average molecular weight is 446 g/mol. The molecule has 2 aromatic heterocycles. The maximum atomic E-state index is 12.2. The van der Waals surface area contributed by atoms with Gasteiger partial charge in [-0.05, 0) is 0 Å². The molecule has 0 spiro atoms. The highest BCUT2D eigenvalue weighted by atomic mass is 16.7. The normalized spacial score (nSPS) is 38.6. The van der Waals surface area contributed by atoms with Crippen LogP contribution in [0.5, 0.6) is 6.01 Å². The number of rotatable bonds is 5. The smallest absolute Gasteiger partial charge is 0.303 e. The first kappa shape index (κ1) is 22.0. The Bertz CT molecular complexity index is 980. The summed E-state index contributed by atoms with van der Waals surface area (Å²) >= 11 is 0. The zero-order valence-electron chi connectivity index (χ0n) is 15.8. The van der Waals surface area contributed by atoms with Crippen LogP contribution < -0.4 is 10.3 Å². The van der Waals surface area contributed by atoms with Crippen molar-refractivity contribution in [1.82, 2.24) is 19.5 Å². The first-order valence-corrected chi connectivity index (χ1v) is 9.33. The highest BCUT2D eigenvalue weighted by Crippen LogP contribution is 2.35. The lowest BCUT2D eigenvalue weighted by atomic mass is 9.99. The Labute approximate surface area is 172 Å². The molecular formula is C16H22N4O11. The molecule has 2 unspecified atom stereocenters. The largest absolute Gasteiger partial charge is 0.432 e. The van der Waals surface area contributed by atoms with Gasteiger partial charge >= 0.3 is 6.01 Å². The Morgan fingerprint density at radius 2 is 1.61 bits per heavy atom. The van der Waals surface area contributed by atoms with Crippen molar-refractivity contribution in [2.45, 2.75) is 55.2 Å². The number of nitrogens with zero attached hydrogens (tertiary/aromatic N) is 3. The summed E-state index contributed by atoms with van der Waals surface area (Å²) in [5.74, 6) is 0. The zero-order chi connectivity index (χ0) is 22.4. The van der Waals surface area contributed by atoms with Crippen molar-refractivity contribution >= 4 is 11.2 Å². The molecule has 0 amide bonds. The molecule has 0 radical (unpaired) electrons. The van der Waals surface area contributed by atoms with Crippen LogP contribution in [0.15, 0.2) is 11.1 Å². The van der Waals surface area contributed by atoms with Gasteiger partial charge in [0.15, 0.2) is 17.4 Å². The molecule has 31 heavy (non-hydrogen) atoms. The monoisotopic (exact) mass is 446 g/mol. The number of aromatic nitrogens is 4. The molecule has 172 valence electrons. The number of hydrogen-bond acceptors (Lipinski definition) is 13. The molecule has 0 aromatic carbocycles. The van der Waals surface area contributed by atoms with Gasteiger partial charge in [0, 0.05) is 0 Å². The van der Waals surface area contributed by atoms with Gasteiger partial charge in [0.1, 0.15) is 42.7 Å². The molecule has 2 saturated heterocycles. The van der Waals surface area contributed by atoms with Crippen molar-refractivity contribution in [3.63, 3.8) is 0 Å². The minimum absolute atomic E-state index is 0.113. The number of aliphatic hydroxyl groups is 7. The Hall–Kier alpha value is -2.21. The second-order valence-electron chi connectivity index (χ2n) is 7.21. The SMILES string of the molecule is O=c1[nH]cnc2c1nc(O[C@@H]1O[C@H](CO)[C@@H](O)[C@H](O)[C@@H]1O)n2[C@@H]1O[C@H](CO)C(O)C1O. The van der Waals surface area contributed by atoms with Crippen LogP contribution in [0.4, 0.5) is 0 Å². The standard InChI is InChI=1S/C16H22N4O11/c21-1-4-8(24)10(26)14(29-4)20-12-6(13(28)18-3-17-12)19-16(20)31-15-11(27)9(25)7(23)5(2-22)30-15/h3-5,7-11,14-15,21-27H,1-2H2,(H,17,18,28)/t4-,5-,7-,8?,9+,10?,11+,14-,15+/m1/s1. The number of imidazole rings is 1. The second-order valence-corrected chi connectivity index (χ2v) is 7.21.